The summed E-state index contributed by atoms with van der Waals surface area (Å²) in [5.74, 6) is -0.976. The van der Waals surface area contributed by atoms with Gasteiger partial charge in [-0.1, -0.05) is 12.5 Å². The highest BCUT2D eigenvalue weighted by molar-refractivity contribution is 7.89. The molecule has 174 valence electrons. The van der Waals surface area contributed by atoms with Crippen LogP contribution in [0.25, 0.3) is 5.69 Å². The van der Waals surface area contributed by atoms with E-state index in [4.69, 9.17) is 0 Å². The van der Waals surface area contributed by atoms with Crippen LogP contribution in [0.15, 0.2) is 47.4 Å². The molecule has 0 spiro atoms. The molecule has 3 aromatic rings. The zero-order valence-corrected chi connectivity index (χ0v) is 19.7. The summed E-state index contributed by atoms with van der Waals surface area (Å²) in [6, 6.07) is 11.1. The molecule has 33 heavy (non-hydrogen) atoms. The Kier molecular flexibility index (Phi) is 6.36. The molecule has 0 bridgehead atoms. The number of aromatic nitrogens is 2. The minimum absolute atomic E-state index is 0.0535. The minimum Gasteiger partial charge on any atom is -0.306 e. The van der Waals surface area contributed by atoms with Crippen LogP contribution in [-0.4, -0.2) is 41.5 Å². The molecular formula is C24H27FN4O3S. The molecule has 1 aliphatic heterocycles. The van der Waals surface area contributed by atoms with Crippen LogP contribution in [0.3, 0.4) is 0 Å². The quantitative estimate of drug-likeness (QED) is 0.600. The van der Waals surface area contributed by atoms with Gasteiger partial charge in [-0.25, -0.2) is 17.5 Å². The third-order valence-electron chi connectivity index (χ3n) is 5.65. The lowest BCUT2D eigenvalue weighted by Gasteiger charge is -2.26. The Morgan fingerprint density at radius 1 is 0.970 bits per heavy atom. The number of carbonyl (C=O) groups is 1. The number of hydrogen-bond donors (Lipinski definition) is 1. The Hall–Kier alpha value is -3.04. The summed E-state index contributed by atoms with van der Waals surface area (Å²) >= 11 is 0. The fraction of sp³-hybridized carbons (Fsp3) is 0.333. The van der Waals surface area contributed by atoms with E-state index < -0.39 is 26.6 Å². The van der Waals surface area contributed by atoms with E-state index in [0.29, 0.717) is 24.6 Å². The zero-order valence-electron chi connectivity index (χ0n) is 18.9. The van der Waals surface area contributed by atoms with E-state index in [1.54, 1.807) is 10.7 Å². The van der Waals surface area contributed by atoms with Crippen molar-refractivity contribution in [3.8, 4) is 5.69 Å². The van der Waals surface area contributed by atoms with Crippen LogP contribution in [0.4, 0.5) is 10.2 Å². The van der Waals surface area contributed by atoms with E-state index in [1.165, 1.54) is 10.4 Å². The molecule has 9 heteroatoms. The number of anilines is 1. The smallest absolute Gasteiger partial charge is 0.256 e. The van der Waals surface area contributed by atoms with Crippen molar-refractivity contribution in [1.82, 2.24) is 14.1 Å². The van der Waals surface area contributed by atoms with Crippen LogP contribution in [0.5, 0.6) is 0 Å². The van der Waals surface area contributed by atoms with Gasteiger partial charge in [0, 0.05) is 24.7 Å². The molecule has 1 aromatic heterocycles. The molecule has 7 nitrogen and oxygen atoms in total. The Labute approximate surface area is 193 Å². The average molecular weight is 471 g/mol. The number of nitrogens with zero attached hydrogens (tertiary/aromatic N) is 3. The van der Waals surface area contributed by atoms with Gasteiger partial charge in [0.2, 0.25) is 10.0 Å². The van der Waals surface area contributed by atoms with Crippen molar-refractivity contribution < 1.29 is 17.6 Å². The Morgan fingerprint density at radius 2 is 1.64 bits per heavy atom. The van der Waals surface area contributed by atoms with Gasteiger partial charge in [-0.05, 0) is 75.1 Å². The topological polar surface area (TPSA) is 84.3 Å². The largest absolute Gasteiger partial charge is 0.306 e. The van der Waals surface area contributed by atoms with E-state index in [0.717, 1.165) is 48.2 Å². The Morgan fingerprint density at radius 3 is 2.30 bits per heavy atom. The van der Waals surface area contributed by atoms with E-state index >= 15 is 0 Å². The predicted molar refractivity (Wildman–Crippen MR) is 125 cm³/mol. The number of rotatable bonds is 5. The Bertz CT molecular complexity index is 1290. The predicted octanol–water partition coefficient (Wildman–Crippen LogP) is 4.36. The maximum atomic E-state index is 14.5. The average Bonchev–Trinajstić information content (AvgIpc) is 3.13. The minimum atomic E-state index is -4.02. The van der Waals surface area contributed by atoms with Gasteiger partial charge in [0.25, 0.3) is 5.91 Å². The van der Waals surface area contributed by atoms with E-state index in [1.807, 2.05) is 39.0 Å². The summed E-state index contributed by atoms with van der Waals surface area (Å²) in [5, 5.41) is 7.27. The highest BCUT2D eigenvalue weighted by Gasteiger charge is 2.29. The molecule has 0 radical (unpaired) electrons. The van der Waals surface area contributed by atoms with Gasteiger partial charge in [-0.3, -0.25) is 4.79 Å². The highest BCUT2D eigenvalue weighted by atomic mass is 32.2. The van der Waals surface area contributed by atoms with Crippen molar-refractivity contribution >= 4 is 21.7 Å². The number of nitrogens with one attached hydrogen (secondary N) is 1. The fourth-order valence-electron chi connectivity index (χ4n) is 4.13. The molecule has 1 aliphatic rings. The normalized spacial score (nSPS) is 14.9. The van der Waals surface area contributed by atoms with Crippen LogP contribution in [0.2, 0.25) is 0 Å². The van der Waals surface area contributed by atoms with Crippen LogP contribution in [0, 0.1) is 26.6 Å². The van der Waals surface area contributed by atoms with Gasteiger partial charge in [0.05, 0.1) is 11.4 Å². The maximum Gasteiger partial charge on any atom is 0.256 e. The van der Waals surface area contributed by atoms with Gasteiger partial charge in [-0.15, -0.1) is 0 Å². The van der Waals surface area contributed by atoms with Crippen molar-refractivity contribution in [3.05, 3.63) is 70.7 Å². The number of sulfonamides is 1. The second-order valence-corrected chi connectivity index (χ2v) is 10.4. The molecule has 2 heterocycles. The molecule has 0 atom stereocenters. The van der Waals surface area contributed by atoms with Gasteiger partial charge in [0.1, 0.15) is 16.5 Å². The third-order valence-corrected chi connectivity index (χ3v) is 7.56. The molecule has 1 N–H and O–H groups in total. The molecule has 4 rings (SSSR count). The molecule has 0 unspecified atom stereocenters. The SMILES string of the molecule is Cc1cc(C)cc(-n2nc(C)cc2NC(=O)c2ccc(F)c(S(=O)(=O)N3CCCCC3)c2)c1. The van der Waals surface area contributed by atoms with E-state index in [2.05, 4.69) is 10.4 Å². The summed E-state index contributed by atoms with van der Waals surface area (Å²) < 4.78 is 43.4. The number of aryl methyl sites for hydroxylation is 3. The van der Waals surface area contributed by atoms with Crippen molar-refractivity contribution in [2.75, 3.05) is 18.4 Å². The number of benzene rings is 2. The summed E-state index contributed by atoms with van der Waals surface area (Å²) in [5.41, 5.74) is 3.67. The molecule has 1 saturated heterocycles. The second-order valence-electron chi connectivity index (χ2n) is 8.49. The molecular weight excluding hydrogens is 443 g/mol. The monoisotopic (exact) mass is 470 g/mol. The van der Waals surface area contributed by atoms with Crippen LogP contribution >= 0.6 is 0 Å². The van der Waals surface area contributed by atoms with Gasteiger partial charge in [0.15, 0.2) is 0 Å². The number of hydrogen-bond acceptors (Lipinski definition) is 4. The lowest BCUT2D eigenvalue weighted by Crippen LogP contribution is -2.36. The van der Waals surface area contributed by atoms with Gasteiger partial charge < -0.3 is 5.32 Å². The number of amides is 1. The zero-order chi connectivity index (χ0) is 23.8. The first-order chi connectivity index (χ1) is 15.6. The van der Waals surface area contributed by atoms with E-state index in [-0.39, 0.29) is 5.56 Å². The third kappa shape index (κ3) is 4.84. The number of carbonyl (C=O) groups excluding carboxylic acids is 1. The number of piperidine rings is 1. The summed E-state index contributed by atoms with van der Waals surface area (Å²) in [6.45, 7) is 6.48. The second kappa shape index (κ2) is 9.07. The van der Waals surface area contributed by atoms with Crippen molar-refractivity contribution in [2.45, 2.75) is 44.9 Å². The van der Waals surface area contributed by atoms with Crippen LogP contribution < -0.4 is 5.32 Å². The molecule has 2 aromatic carbocycles. The van der Waals surface area contributed by atoms with Gasteiger partial charge in [-0.2, -0.15) is 9.40 Å². The van der Waals surface area contributed by atoms with Crippen molar-refractivity contribution in [2.24, 2.45) is 0 Å². The van der Waals surface area contributed by atoms with Crippen molar-refractivity contribution in [1.29, 1.82) is 0 Å². The first-order valence-corrected chi connectivity index (χ1v) is 12.4. The first-order valence-electron chi connectivity index (χ1n) is 10.9. The Balaban J connectivity index is 1.65. The van der Waals surface area contributed by atoms with Crippen LogP contribution in [-0.2, 0) is 10.0 Å². The number of halogens is 1. The first kappa shape index (κ1) is 23.1. The maximum absolute atomic E-state index is 14.5. The fourth-order valence-corrected chi connectivity index (χ4v) is 5.74. The lowest BCUT2D eigenvalue weighted by molar-refractivity contribution is 0.102. The van der Waals surface area contributed by atoms with Crippen LogP contribution in [0.1, 0.15) is 46.4 Å². The molecule has 1 fully saturated rings. The summed E-state index contributed by atoms with van der Waals surface area (Å²) in [4.78, 5) is 12.5. The van der Waals surface area contributed by atoms with Gasteiger partial charge >= 0.3 is 0 Å². The summed E-state index contributed by atoms with van der Waals surface area (Å²) in [7, 11) is -4.02. The standard InChI is InChI=1S/C24H27FN4O3S/c1-16-11-17(2)13-20(12-16)29-23(14-18(3)27-29)26-24(30)19-7-8-21(25)22(15-19)33(31,32)28-9-5-4-6-10-28/h7-8,11-15H,4-6,9-10H2,1-3H3,(H,26,30). The molecule has 1 amide bonds. The van der Waals surface area contributed by atoms with Crippen molar-refractivity contribution in [3.63, 3.8) is 0 Å². The van der Waals surface area contributed by atoms with E-state index in [9.17, 15) is 17.6 Å². The lowest BCUT2D eigenvalue weighted by atomic mass is 10.1. The molecule has 0 saturated carbocycles. The molecule has 0 aliphatic carbocycles. The summed E-state index contributed by atoms with van der Waals surface area (Å²) in [6.07, 6.45) is 2.43. The highest BCUT2D eigenvalue weighted by Crippen LogP contribution is 2.25.